The largest absolute Gasteiger partial charge is 0.310 e. The molecule has 0 unspecified atom stereocenters. The Balaban J connectivity index is 1.10. The van der Waals surface area contributed by atoms with Crippen molar-refractivity contribution in [2.45, 2.75) is 5.41 Å². The number of aromatic nitrogens is 1. The Labute approximate surface area is 363 Å². The molecule has 2 heterocycles. The van der Waals surface area contributed by atoms with E-state index in [9.17, 15) is 0 Å². The highest BCUT2D eigenvalue weighted by Gasteiger charge is 2.46. The van der Waals surface area contributed by atoms with Crippen molar-refractivity contribution in [2.24, 2.45) is 0 Å². The fraction of sp³-hybridized carbons (Fsp3) is 0.0169. The van der Waals surface area contributed by atoms with Crippen LogP contribution in [0.15, 0.2) is 231 Å². The first-order valence-electron chi connectivity index (χ1n) is 21.3. The summed E-state index contributed by atoms with van der Waals surface area (Å²) in [5.74, 6) is 0. The number of rotatable bonds is 6. The average Bonchev–Trinajstić information content (AvgIpc) is 3.97. The Morgan fingerprint density at radius 2 is 0.903 bits per heavy atom. The highest BCUT2D eigenvalue weighted by atomic mass is 32.1. The van der Waals surface area contributed by atoms with Gasteiger partial charge < -0.3 is 9.47 Å². The van der Waals surface area contributed by atoms with Crippen LogP contribution in [-0.2, 0) is 5.41 Å². The number of fused-ring (bicyclic) bond motifs is 10. The van der Waals surface area contributed by atoms with Crippen molar-refractivity contribution in [2.75, 3.05) is 4.90 Å². The van der Waals surface area contributed by atoms with Crippen LogP contribution < -0.4 is 4.90 Å². The summed E-state index contributed by atoms with van der Waals surface area (Å²) < 4.78 is 4.98. The lowest BCUT2D eigenvalue weighted by molar-refractivity contribution is 0.769. The zero-order chi connectivity index (χ0) is 40.8. The van der Waals surface area contributed by atoms with Gasteiger partial charge in [0.2, 0.25) is 0 Å². The van der Waals surface area contributed by atoms with Gasteiger partial charge in [0.05, 0.1) is 16.4 Å². The molecule has 2 nitrogen and oxygen atoms in total. The first-order valence-corrected chi connectivity index (χ1v) is 22.1. The molecule has 1 aliphatic rings. The second-order valence-electron chi connectivity index (χ2n) is 16.5. The molecule has 290 valence electrons. The van der Waals surface area contributed by atoms with Gasteiger partial charge in [-0.15, -0.1) is 11.3 Å². The van der Waals surface area contributed by atoms with Crippen molar-refractivity contribution in [3.8, 4) is 16.8 Å². The van der Waals surface area contributed by atoms with Crippen molar-refractivity contribution in [3.05, 3.63) is 253 Å². The maximum absolute atomic E-state index is 2.49. The zero-order valence-corrected chi connectivity index (χ0v) is 34.6. The number of hydrogen-bond donors (Lipinski definition) is 0. The number of thiophene rings is 1. The van der Waals surface area contributed by atoms with E-state index in [1.54, 1.807) is 0 Å². The third-order valence-electron chi connectivity index (χ3n) is 13.2. The number of para-hydroxylation sites is 2. The van der Waals surface area contributed by atoms with E-state index in [2.05, 4.69) is 240 Å². The third-order valence-corrected chi connectivity index (χ3v) is 14.3. The molecule has 62 heavy (non-hydrogen) atoms. The molecule has 1 aliphatic carbocycles. The van der Waals surface area contributed by atoms with E-state index in [1.165, 1.54) is 86.1 Å². The smallest absolute Gasteiger partial charge is 0.0714 e. The lowest BCUT2D eigenvalue weighted by atomic mass is 9.67. The lowest BCUT2D eigenvalue weighted by Gasteiger charge is -2.35. The van der Waals surface area contributed by atoms with Crippen molar-refractivity contribution in [1.29, 1.82) is 0 Å². The van der Waals surface area contributed by atoms with Crippen LogP contribution in [0, 0.1) is 0 Å². The van der Waals surface area contributed by atoms with Crippen molar-refractivity contribution >= 4 is 81.1 Å². The van der Waals surface area contributed by atoms with Crippen LogP contribution in [0.4, 0.5) is 17.1 Å². The first-order chi connectivity index (χ1) is 30.7. The normalized spacial score (nSPS) is 13.0. The summed E-state index contributed by atoms with van der Waals surface area (Å²) in [6.45, 7) is 0. The Morgan fingerprint density at radius 1 is 0.355 bits per heavy atom. The van der Waals surface area contributed by atoms with Crippen LogP contribution in [0.5, 0.6) is 0 Å². The van der Waals surface area contributed by atoms with Crippen LogP contribution in [-0.4, -0.2) is 4.57 Å². The summed E-state index contributed by atoms with van der Waals surface area (Å²) in [4.78, 5) is 2.48. The predicted octanol–water partition coefficient (Wildman–Crippen LogP) is 16.1. The van der Waals surface area contributed by atoms with Gasteiger partial charge in [-0.05, 0) is 123 Å². The molecule has 13 rings (SSSR count). The minimum atomic E-state index is -0.554. The van der Waals surface area contributed by atoms with Gasteiger partial charge in [-0.25, -0.2) is 0 Å². The number of benzene rings is 10. The molecule has 0 N–H and O–H groups in total. The maximum atomic E-state index is 2.49. The quantitative estimate of drug-likeness (QED) is 0.162. The number of anilines is 3. The van der Waals surface area contributed by atoms with Crippen LogP contribution in [0.2, 0.25) is 0 Å². The van der Waals surface area contributed by atoms with E-state index in [1.807, 2.05) is 11.3 Å². The van der Waals surface area contributed by atoms with Crippen molar-refractivity contribution in [1.82, 2.24) is 4.57 Å². The Kier molecular flexibility index (Phi) is 7.72. The molecule has 2 aromatic heterocycles. The van der Waals surface area contributed by atoms with E-state index in [0.29, 0.717) is 0 Å². The van der Waals surface area contributed by atoms with Gasteiger partial charge in [0.15, 0.2) is 0 Å². The first kappa shape index (κ1) is 35.1. The van der Waals surface area contributed by atoms with E-state index in [-0.39, 0.29) is 0 Å². The van der Waals surface area contributed by atoms with Gasteiger partial charge in [-0.2, -0.15) is 0 Å². The van der Waals surface area contributed by atoms with Crippen LogP contribution in [0.3, 0.4) is 0 Å². The fourth-order valence-corrected chi connectivity index (χ4v) is 11.7. The van der Waals surface area contributed by atoms with E-state index in [0.717, 1.165) is 22.7 Å². The van der Waals surface area contributed by atoms with Gasteiger partial charge in [-0.3, -0.25) is 0 Å². The molecule has 10 aromatic carbocycles. The molecule has 3 heteroatoms. The summed E-state index contributed by atoms with van der Waals surface area (Å²) in [5.41, 5.74) is 14.0. The molecule has 0 fully saturated rings. The van der Waals surface area contributed by atoms with Gasteiger partial charge in [0.1, 0.15) is 0 Å². The topological polar surface area (TPSA) is 8.17 Å². The van der Waals surface area contributed by atoms with Gasteiger partial charge in [0.25, 0.3) is 0 Å². The lowest BCUT2D eigenvalue weighted by Crippen LogP contribution is -2.28. The molecule has 0 atom stereocenters. The standard InChI is InChI=1S/C59H38N2S/c1-4-18-41(19-5-1)59(42-20-6-2-7-21-42)53-35-40-17-11-10-16-39(40)34-51(53)47-31-28-45(37-54(47)59)60(46-29-32-50-49-25-13-15-27-57(49)62-58(50)38-46)44-30-33-56-52(36-44)48-24-12-14-26-55(48)61(56)43-22-8-3-9-23-43/h1-38H. The summed E-state index contributed by atoms with van der Waals surface area (Å²) in [6.07, 6.45) is 0. The molecule has 0 bridgehead atoms. The minimum Gasteiger partial charge on any atom is -0.310 e. The van der Waals surface area contributed by atoms with Crippen LogP contribution >= 0.6 is 11.3 Å². The Morgan fingerprint density at radius 3 is 1.68 bits per heavy atom. The predicted molar refractivity (Wildman–Crippen MR) is 263 cm³/mol. The molecule has 0 spiro atoms. The summed E-state index contributed by atoms with van der Waals surface area (Å²) in [7, 11) is 0. The van der Waals surface area contributed by atoms with E-state index in [4.69, 9.17) is 0 Å². The number of hydrogen-bond acceptors (Lipinski definition) is 2. The highest BCUT2D eigenvalue weighted by Crippen LogP contribution is 2.58. The minimum absolute atomic E-state index is 0.554. The monoisotopic (exact) mass is 806 g/mol. The maximum Gasteiger partial charge on any atom is 0.0714 e. The Bertz CT molecular complexity index is 3660. The fourth-order valence-electron chi connectivity index (χ4n) is 10.6. The molecular formula is C59H38N2S. The Hall–Kier alpha value is -7.72. The van der Waals surface area contributed by atoms with Gasteiger partial charge in [-0.1, -0.05) is 152 Å². The average molecular weight is 807 g/mol. The molecule has 0 amide bonds. The summed E-state index contributed by atoms with van der Waals surface area (Å²) in [6, 6.07) is 85.5. The van der Waals surface area contributed by atoms with E-state index >= 15 is 0 Å². The SMILES string of the molecule is c1ccc(-n2c3ccccc3c3cc(N(c4ccc5c(c4)C(c4ccccc4)(c4ccccc4)c4cc6ccccc6cc4-5)c4ccc5c(c4)sc4ccccc45)ccc32)cc1. The number of nitrogens with zero attached hydrogens (tertiary/aromatic N) is 2. The van der Waals surface area contributed by atoms with Crippen molar-refractivity contribution in [3.63, 3.8) is 0 Å². The molecular weight excluding hydrogens is 769 g/mol. The van der Waals surface area contributed by atoms with Crippen LogP contribution in [0.25, 0.3) is 69.6 Å². The van der Waals surface area contributed by atoms with Crippen LogP contribution in [0.1, 0.15) is 22.3 Å². The summed E-state index contributed by atoms with van der Waals surface area (Å²) >= 11 is 1.87. The highest BCUT2D eigenvalue weighted by molar-refractivity contribution is 7.25. The second kappa shape index (κ2) is 13.7. The van der Waals surface area contributed by atoms with E-state index < -0.39 is 5.41 Å². The van der Waals surface area contributed by atoms with Gasteiger partial charge >= 0.3 is 0 Å². The van der Waals surface area contributed by atoms with Crippen molar-refractivity contribution < 1.29 is 0 Å². The zero-order valence-electron chi connectivity index (χ0n) is 33.7. The molecule has 0 saturated heterocycles. The molecule has 0 saturated carbocycles. The molecule has 12 aromatic rings. The molecule has 0 aliphatic heterocycles. The third kappa shape index (κ3) is 5.09. The molecule has 0 radical (unpaired) electrons. The van der Waals surface area contributed by atoms with Gasteiger partial charge in [0, 0.05) is 53.7 Å². The summed E-state index contributed by atoms with van der Waals surface area (Å²) in [5, 5.41) is 7.55. The second-order valence-corrected chi connectivity index (χ2v) is 17.5.